The molecule has 1 aliphatic rings. The molecule has 1 aliphatic heterocycles. The summed E-state index contributed by atoms with van der Waals surface area (Å²) in [5.74, 6) is 1.89. The van der Waals surface area contributed by atoms with Gasteiger partial charge in [0, 0.05) is 18.2 Å². The lowest BCUT2D eigenvalue weighted by molar-refractivity contribution is 0.0930. The molecule has 0 aromatic heterocycles. The van der Waals surface area contributed by atoms with Crippen molar-refractivity contribution in [3.8, 4) is 17.2 Å². The largest absolute Gasteiger partial charge is 0.490 e. The number of carbonyl (C=O) groups is 1. The van der Waals surface area contributed by atoms with Crippen LogP contribution in [0.3, 0.4) is 0 Å². The summed E-state index contributed by atoms with van der Waals surface area (Å²) < 4.78 is 17.1. The molecule has 0 aliphatic carbocycles. The molecule has 0 bridgehead atoms. The predicted octanol–water partition coefficient (Wildman–Crippen LogP) is 3.45. The number of para-hydroxylation sites is 1. The number of ether oxygens (including phenoxy) is 3. The normalized spacial score (nSPS) is 15.7. The summed E-state index contributed by atoms with van der Waals surface area (Å²) in [6.45, 7) is 5.03. The molecule has 0 spiro atoms. The molecule has 6 nitrogen and oxygen atoms in total. The van der Waals surface area contributed by atoms with Crippen LogP contribution < -0.4 is 24.8 Å². The average molecular weight is 421 g/mol. The number of rotatable bonds is 9. The van der Waals surface area contributed by atoms with Gasteiger partial charge in [-0.15, -0.1) is 12.4 Å². The zero-order chi connectivity index (χ0) is 19.6. The van der Waals surface area contributed by atoms with Crippen LogP contribution in [0.5, 0.6) is 17.2 Å². The van der Waals surface area contributed by atoms with Gasteiger partial charge in [-0.25, -0.2) is 0 Å². The highest BCUT2D eigenvalue weighted by Crippen LogP contribution is 2.28. The van der Waals surface area contributed by atoms with Crippen LogP contribution in [0.2, 0.25) is 0 Å². The van der Waals surface area contributed by atoms with E-state index in [1.54, 1.807) is 18.2 Å². The Bertz CT molecular complexity index is 752. The molecule has 1 heterocycles. The lowest BCUT2D eigenvalue weighted by Crippen LogP contribution is -2.45. The number of hydrogen-bond donors (Lipinski definition) is 2. The molecule has 7 heteroatoms. The highest BCUT2D eigenvalue weighted by molar-refractivity contribution is 5.95. The van der Waals surface area contributed by atoms with Crippen LogP contribution in [0, 0.1) is 0 Å². The van der Waals surface area contributed by atoms with Crippen LogP contribution in [0.25, 0.3) is 0 Å². The lowest BCUT2D eigenvalue weighted by atomic mass is 10.1. The topological polar surface area (TPSA) is 68.8 Å². The minimum absolute atomic E-state index is 0. The fourth-order valence-electron chi connectivity index (χ4n) is 3.11. The molecular formula is C22H29ClN2O4. The minimum Gasteiger partial charge on any atom is -0.490 e. The highest BCUT2D eigenvalue weighted by Gasteiger charge is 2.18. The number of hydrogen-bond acceptors (Lipinski definition) is 5. The zero-order valence-electron chi connectivity index (χ0n) is 16.7. The summed E-state index contributed by atoms with van der Waals surface area (Å²) in [5, 5.41) is 6.38. The molecule has 0 radical (unpaired) electrons. The summed E-state index contributed by atoms with van der Waals surface area (Å²) in [4.78, 5) is 12.5. The quantitative estimate of drug-likeness (QED) is 0.608. The van der Waals surface area contributed by atoms with Crippen molar-refractivity contribution in [3.63, 3.8) is 0 Å². The van der Waals surface area contributed by atoms with E-state index >= 15 is 0 Å². The second kappa shape index (κ2) is 12.2. The summed E-state index contributed by atoms with van der Waals surface area (Å²) in [6.07, 6.45) is 2.08. The number of piperidine rings is 1. The van der Waals surface area contributed by atoms with E-state index in [2.05, 4.69) is 10.6 Å². The number of amides is 1. The smallest absolute Gasteiger partial charge is 0.251 e. The number of nitrogens with one attached hydrogen (secondary N) is 2. The molecule has 3 rings (SSSR count). The van der Waals surface area contributed by atoms with Gasteiger partial charge in [0.2, 0.25) is 0 Å². The van der Waals surface area contributed by atoms with E-state index in [9.17, 15) is 4.79 Å². The fraction of sp³-hybridized carbons (Fsp3) is 0.409. The first kappa shape index (κ1) is 22.8. The van der Waals surface area contributed by atoms with E-state index in [-0.39, 0.29) is 24.4 Å². The SMILES string of the molecule is CCOc1cc(C(=O)N[C@H]2CCCNC2)ccc1OCCOc1ccccc1.Cl. The summed E-state index contributed by atoms with van der Waals surface area (Å²) in [7, 11) is 0. The first-order valence-corrected chi connectivity index (χ1v) is 9.85. The van der Waals surface area contributed by atoms with Crippen molar-refractivity contribution in [2.75, 3.05) is 32.9 Å². The summed E-state index contributed by atoms with van der Waals surface area (Å²) >= 11 is 0. The van der Waals surface area contributed by atoms with Crippen LogP contribution in [-0.2, 0) is 0 Å². The Balaban J connectivity index is 0.00000300. The third-order valence-electron chi connectivity index (χ3n) is 4.49. The van der Waals surface area contributed by atoms with Crippen LogP contribution in [-0.4, -0.2) is 44.9 Å². The molecular weight excluding hydrogens is 392 g/mol. The Morgan fingerprint density at radius 1 is 1.07 bits per heavy atom. The first-order chi connectivity index (χ1) is 13.8. The molecule has 1 atom stereocenters. The third-order valence-corrected chi connectivity index (χ3v) is 4.49. The van der Waals surface area contributed by atoms with E-state index in [1.807, 2.05) is 37.3 Å². The van der Waals surface area contributed by atoms with Crippen molar-refractivity contribution in [2.24, 2.45) is 0 Å². The van der Waals surface area contributed by atoms with Crippen molar-refractivity contribution in [1.29, 1.82) is 0 Å². The molecule has 1 saturated heterocycles. The van der Waals surface area contributed by atoms with E-state index in [4.69, 9.17) is 14.2 Å². The van der Waals surface area contributed by atoms with Gasteiger partial charge < -0.3 is 24.8 Å². The Labute approximate surface area is 178 Å². The van der Waals surface area contributed by atoms with Crippen molar-refractivity contribution in [2.45, 2.75) is 25.8 Å². The molecule has 2 aromatic carbocycles. The van der Waals surface area contributed by atoms with Crippen LogP contribution in [0.4, 0.5) is 0 Å². The standard InChI is InChI=1S/C22H28N2O4.ClH/c1-2-26-21-15-17(22(25)24-18-7-6-12-23-16-18)10-11-20(21)28-14-13-27-19-8-4-3-5-9-19;/h3-5,8-11,15,18,23H,2,6-7,12-14,16H2,1H3,(H,24,25);1H/t18-;/m0./s1. The summed E-state index contributed by atoms with van der Waals surface area (Å²) in [6, 6.07) is 15.1. The van der Waals surface area contributed by atoms with Crippen molar-refractivity contribution < 1.29 is 19.0 Å². The predicted molar refractivity (Wildman–Crippen MR) is 116 cm³/mol. The second-order valence-corrected chi connectivity index (χ2v) is 6.62. The van der Waals surface area contributed by atoms with Crippen LogP contribution >= 0.6 is 12.4 Å². The van der Waals surface area contributed by atoms with Crippen molar-refractivity contribution >= 4 is 18.3 Å². The van der Waals surface area contributed by atoms with E-state index in [1.165, 1.54) is 0 Å². The highest BCUT2D eigenvalue weighted by atomic mass is 35.5. The van der Waals surface area contributed by atoms with Crippen molar-refractivity contribution in [1.82, 2.24) is 10.6 Å². The second-order valence-electron chi connectivity index (χ2n) is 6.62. The van der Waals surface area contributed by atoms with Gasteiger partial charge in [-0.3, -0.25) is 4.79 Å². The van der Waals surface area contributed by atoms with Crippen molar-refractivity contribution in [3.05, 3.63) is 54.1 Å². The van der Waals surface area contributed by atoms with Gasteiger partial charge in [0.1, 0.15) is 19.0 Å². The van der Waals surface area contributed by atoms with Gasteiger partial charge in [-0.05, 0) is 56.6 Å². The molecule has 158 valence electrons. The van der Waals surface area contributed by atoms with Gasteiger partial charge >= 0.3 is 0 Å². The maximum Gasteiger partial charge on any atom is 0.251 e. The average Bonchev–Trinajstić information content (AvgIpc) is 2.73. The number of benzene rings is 2. The van der Waals surface area contributed by atoms with Gasteiger partial charge in [0.05, 0.1) is 6.61 Å². The number of halogens is 1. The summed E-state index contributed by atoms with van der Waals surface area (Å²) in [5.41, 5.74) is 0.571. The van der Waals surface area contributed by atoms with E-state index in [0.29, 0.717) is 36.9 Å². The molecule has 2 N–H and O–H groups in total. The van der Waals surface area contributed by atoms with Gasteiger partial charge in [0.15, 0.2) is 11.5 Å². The maximum absolute atomic E-state index is 12.5. The Morgan fingerprint density at radius 2 is 1.86 bits per heavy atom. The molecule has 0 saturated carbocycles. The third kappa shape index (κ3) is 7.15. The molecule has 0 unspecified atom stereocenters. The lowest BCUT2D eigenvalue weighted by Gasteiger charge is -2.24. The van der Waals surface area contributed by atoms with Gasteiger partial charge in [-0.1, -0.05) is 18.2 Å². The maximum atomic E-state index is 12.5. The Morgan fingerprint density at radius 3 is 2.59 bits per heavy atom. The molecule has 2 aromatic rings. The first-order valence-electron chi connectivity index (χ1n) is 9.85. The van der Waals surface area contributed by atoms with E-state index < -0.39 is 0 Å². The van der Waals surface area contributed by atoms with Gasteiger partial charge in [-0.2, -0.15) is 0 Å². The Kier molecular flexibility index (Phi) is 9.60. The monoisotopic (exact) mass is 420 g/mol. The minimum atomic E-state index is -0.0892. The van der Waals surface area contributed by atoms with E-state index in [0.717, 1.165) is 31.7 Å². The van der Waals surface area contributed by atoms with Crippen LogP contribution in [0.15, 0.2) is 48.5 Å². The fourth-order valence-corrected chi connectivity index (χ4v) is 3.11. The molecule has 1 fully saturated rings. The Hall–Kier alpha value is -2.44. The van der Waals surface area contributed by atoms with Gasteiger partial charge in [0.25, 0.3) is 5.91 Å². The zero-order valence-corrected chi connectivity index (χ0v) is 17.5. The number of carbonyl (C=O) groups excluding carboxylic acids is 1. The molecule has 29 heavy (non-hydrogen) atoms. The molecule has 1 amide bonds. The van der Waals surface area contributed by atoms with Crippen LogP contribution in [0.1, 0.15) is 30.1 Å².